The van der Waals surface area contributed by atoms with E-state index in [1.807, 2.05) is 0 Å². The highest BCUT2D eigenvalue weighted by atomic mass is 16.5. The third-order valence-corrected chi connectivity index (χ3v) is 4.91. The third kappa shape index (κ3) is 3.97. The van der Waals surface area contributed by atoms with Crippen molar-refractivity contribution in [3.63, 3.8) is 0 Å². The zero-order valence-corrected chi connectivity index (χ0v) is 14.1. The maximum Gasteiger partial charge on any atom is 0.338 e. The molecule has 2 aromatic rings. The average molecular weight is 324 g/mol. The Morgan fingerprint density at radius 2 is 1.62 bits per heavy atom. The highest BCUT2D eigenvalue weighted by Crippen LogP contribution is 2.34. The van der Waals surface area contributed by atoms with Crippen molar-refractivity contribution in [1.82, 2.24) is 0 Å². The summed E-state index contributed by atoms with van der Waals surface area (Å²) < 4.78 is 5.62. The van der Waals surface area contributed by atoms with E-state index in [4.69, 9.17) is 4.74 Å². The summed E-state index contributed by atoms with van der Waals surface area (Å²) in [6.45, 7) is 2.17. The van der Waals surface area contributed by atoms with E-state index in [9.17, 15) is 9.90 Å². The minimum Gasteiger partial charge on any atom is -0.508 e. The Morgan fingerprint density at radius 1 is 1.00 bits per heavy atom. The first-order valence-corrected chi connectivity index (χ1v) is 8.74. The van der Waals surface area contributed by atoms with Gasteiger partial charge < -0.3 is 9.84 Å². The number of carbonyl (C=O) groups is 1. The molecule has 0 spiro atoms. The number of ether oxygens (including phenoxy) is 1. The Bertz CT molecular complexity index is 665. The van der Waals surface area contributed by atoms with Gasteiger partial charge in [-0.05, 0) is 73.4 Å². The van der Waals surface area contributed by atoms with Gasteiger partial charge in [-0.3, -0.25) is 0 Å². The molecule has 3 nitrogen and oxygen atoms in total. The molecule has 0 bridgehead atoms. The molecular formula is C21H24O3. The van der Waals surface area contributed by atoms with Crippen molar-refractivity contribution >= 4 is 5.97 Å². The molecule has 1 aliphatic rings. The molecule has 3 heteroatoms. The van der Waals surface area contributed by atoms with Gasteiger partial charge in [0.2, 0.25) is 0 Å². The van der Waals surface area contributed by atoms with Gasteiger partial charge in [0.05, 0.1) is 5.56 Å². The molecule has 24 heavy (non-hydrogen) atoms. The largest absolute Gasteiger partial charge is 0.508 e. The van der Waals surface area contributed by atoms with Gasteiger partial charge in [-0.2, -0.15) is 0 Å². The van der Waals surface area contributed by atoms with Crippen LogP contribution in [0.2, 0.25) is 0 Å². The summed E-state index contributed by atoms with van der Waals surface area (Å²) in [7, 11) is 0. The van der Waals surface area contributed by atoms with Gasteiger partial charge in [0.15, 0.2) is 0 Å². The van der Waals surface area contributed by atoms with E-state index in [1.54, 1.807) is 12.1 Å². The third-order valence-electron chi connectivity index (χ3n) is 4.91. The number of hydrogen-bond acceptors (Lipinski definition) is 3. The zero-order chi connectivity index (χ0) is 16.9. The van der Waals surface area contributed by atoms with Crippen LogP contribution < -0.4 is 0 Å². The fourth-order valence-corrected chi connectivity index (χ4v) is 3.36. The van der Waals surface area contributed by atoms with Crippen LogP contribution >= 0.6 is 0 Å². The molecule has 0 amide bonds. The standard InChI is InChI=1S/C21H24O3/c1-2-15-3-5-16(6-4-15)17-9-13-20(14-10-17)24-21(23)18-7-11-19(22)12-8-18/h3-8,11-12,17,20,22H,2,9-10,13-14H2,1H3. The van der Waals surface area contributed by atoms with Crippen molar-refractivity contribution < 1.29 is 14.6 Å². The molecule has 0 atom stereocenters. The van der Waals surface area contributed by atoms with E-state index >= 15 is 0 Å². The molecule has 0 heterocycles. The second-order valence-corrected chi connectivity index (χ2v) is 6.52. The molecule has 0 aliphatic heterocycles. The van der Waals surface area contributed by atoms with Gasteiger partial charge in [0.25, 0.3) is 0 Å². The average Bonchev–Trinajstić information content (AvgIpc) is 2.63. The summed E-state index contributed by atoms with van der Waals surface area (Å²) in [6, 6.07) is 15.1. The van der Waals surface area contributed by atoms with E-state index in [2.05, 4.69) is 31.2 Å². The van der Waals surface area contributed by atoms with Crippen molar-refractivity contribution in [2.75, 3.05) is 0 Å². The quantitative estimate of drug-likeness (QED) is 0.819. The van der Waals surface area contributed by atoms with Crippen LogP contribution in [0, 0.1) is 0 Å². The van der Waals surface area contributed by atoms with E-state index in [0.717, 1.165) is 32.1 Å². The van der Waals surface area contributed by atoms with Crippen molar-refractivity contribution in [2.24, 2.45) is 0 Å². The SMILES string of the molecule is CCc1ccc(C2CCC(OC(=O)c3ccc(O)cc3)CC2)cc1. The molecule has 1 fully saturated rings. The first-order chi connectivity index (χ1) is 11.7. The van der Waals surface area contributed by atoms with Crippen molar-refractivity contribution in [2.45, 2.75) is 51.0 Å². The van der Waals surface area contributed by atoms with Gasteiger partial charge in [-0.1, -0.05) is 31.2 Å². The Labute approximate surface area is 143 Å². The molecule has 0 aromatic heterocycles. The van der Waals surface area contributed by atoms with E-state index in [0.29, 0.717) is 11.5 Å². The van der Waals surface area contributed by atoms with E-state index < -0.39 is 0 Å². The Balaban J connectivity index is 1.52. The molecule has 2 aromatic carbocycles. The molecule has 0 unspecified atom stereocenters. The monoisotopic (exact) mass is 324 g/mol. The predicted molar refractivity (Wildman–Crippen MR) is 94.3 cm³/mol. The van der Waals surface area contributed by atoms with Crippen molar-refractivity contribution in [1.29, 1.82) is 0 Å². The summed E-state index contributed by atoms with van der Waals surface area (Å²) in [5.74, 6) is 0.423. The lowest BCUT2D eigenvalue weighted by Gasteiger charge is -2.28. The van der Waals surface area contributed by atoms with Crippen molar-refractivity contribution in [3.05, 3.63) is 65.2 Å². The lowest BCUT2D eigenvalue weighted by molar-refractivity contribution is 0.0195. The van der Waals surface area contributed by atoms with Gasteiger partial charge in [0.1, 0.15) is 11.9 Å². The predicted octanol–water partition coefficient (Wildman–Crippen LogP) is 4.84. The molecule has 3 rings (SSSR count). The summed E-state index contributed by atoms with van der Waals surface area (Å²) in [5, 5.41) is 9.28. The summed E-state index contributed by atoms with van der Waals surface area (Å²) in [4.78, 5) is 12.1. The van der Waals surface area contributed by atoms with Gasteiger partial charge in [0, 0.05) is 0 Å². The first kappa shape index (κ1) is 16.6. The molecule has 1 N–H and O–H groups in total. The fraction of sp³-hybridized carbons (Fsp3) is 0.381. The highest BCUT2D eigenvalue weighted by molar-refractivity contribution is 5.89. The molecule has 126 valence electrons. The van der Waals surface area contributed by atoms with Crippen LogP contribution in [-0.4, -0.2) is 17.2 Å². The first-order valence-electron chi connectivity index (χ1n) is 8.74. The maximum atomic E-state index is 12.1. The van der Waals surface area contributed by atoms with Crippen molar-refractivity contribution in [3.8, 4) is 5.75 Å². The Morgan fingerprint density at radius 3 is 2.21 bits per heavy atom. The lowest BCUT2D eigenvalue weighted by Crippen LogP contribution is -2.23. The number of carbonyl (C=O) groups excluding carboxylic acids is 1. The van der Waals surface area contributed by atoms with Crippen LogP contribution in [-0.2, 0) is 11.2 Å². The maximum absolute atomic E-state index is 12.1. The van der Waals surface area contributed by atoms with Crippen LogP contribution in [0.1, 0.15) is 60.0 Å². The number of phenolic OH excluding ortho intramolecular Hbond substituents is 1. The van der Waals surface area contributed by atoms with Crippen LogP contribution in [0.3, 0.4) is 0 Å². The molecule has 1 saturated carbocycles. The van der Waals surface area contributed by atoms with E-state index in [1.165, 1.54) is 23.3 Å². The van der Waals surface area contributed by atoms with Crippen LogP contribution in [0.5, 0.6) is 5.75 Å². The number of aromatic hydroxyl groups is 1. The van der Waals surface area contributed by atoms with Gasteiger partial charge in [-0.15, -0.1) is 0 Å². The number of benzene rings is 2. The minimum atomic E-state index is -0.300. The van der Waals surface area contributed by atoms with Crippen LogP contribution in [0.4, 0.5) is 0 Å². The fourth-order valence-electron chi connectivity index (χ4n) is 3.36. The summed E-state index contributed by atoms with van der Waals surface area (Å²) in [5.41, 5.74) is 3.26. The smallest absolute Gasteiger partial charge is 0.338 e. The Hall–Kier alpha value is -2.29. The summed E-state index contributed by atoms with van der Waals surface area (Å²) >= 11 is 0. The number of phenols is 1. The topological polar surface area (TPSA) is 46.5 Å². The molecule has 1 aliphatic carbocycles. The molecule has 0 radical (unpaired) electrons. The zero-order valence-electron chi connectivity index (χ0n) is 14.1. The molecular weight excluding hydrogens is 300 g/mol. The van der Waals surface area contributed by atoms with Gasteiger partial charge >= 0.3 is 5.97 Å². The number of hydrogen-bond donors (Lipinski definition) is 1. The van der Waals surface area contributed by atoms with Gasteiger partial charge in [-0.25, -0.2) is 4.79 Å². The number of esters is 1. The highest BCUT2D eigenvalue weighted by Gasteiger charge is 2.25. The van der Waals surface area contributed by atoms with E-state index in [-0.39, 0.29) is 17.8 Å². The van der Waals surface area contributed by atoms with Crippen LogP contribution in [0.15, 0.2) is 48.5 Å². The minimum absolute atomic E-state index is 0.00234. The normalized spacial score (nSPS) is 20.5. The number of rotatable bonds is 4. The molecule has 0 saturated heterocycles. The van der Waals surface area contributed by atoms with Crippen LogP contribution in [0.25, 0.3) is 0 Å². The Kier molecular flexibility index (Phi) is 5.19. The second kappa shape index (κ2) is 7.52. The second-order valence-electron chi connectivity index (χ2n) is 6.52. The number of aryl methyl sites for hydroxylation is 1. The lowest BCUT2D eigenvalue weighted by atomic mass is 9.82. The summed E-state index contributed by atoms with van der Waals surface area (Å²) in [6.07, 6.45) is 4.99.